The lowest BCUT2D eigenvalue weighted by atomic mass is 9.82. The first-order valence-corrected chi connectivity index (χ1v) is 11.7. The second-order valence-corrected chi connectivity index (χ2v) is 9.90. The van der Waals surface area contributed by atoms with Crippen molar-refractivity contribution in [2.75, 3.05) is 14.2 Å². The van der Waals surface area contributed by atoms with Crippen LogP contribution in [0.5, 0.6) is 0 Å². The number of carboxylic acid groups (broad SMARTS) is 1. The van der Waals surface area contributed by atoms with E-state index >= 15 is 0 Å². The molecule has 3 atom stereocenters. The van der Waals surface area contributed by atoms with Gasteiger partial charge in [-0.15, -0.1) is 0 Å². The Bertz CT molecular complexity index is 1120. The van der Waals surface area contributed by atoms with Crippen molar-refractivity contribution >= 4 is 17.3 Å². The number of aromatic carboxylic acids is 1. The van der Waals surface area contributed by atoms with Gasteiger partial charge in [0.1, 0.15) is 17.0 Å². The summed E-state index contributed by atoms with van der Waals surface area (Å²) < 4.78 is 7.65. The molecule has 1 fully saturated rings. The van der Waals surface area contributed by atoms with Crippen molar-refractivity contribution in [3.8, 4) is 0 Å². The monoisotopic (exact) mass is 452 g/mol. The highest BCUT2D eigenvalue weighted by molar-refractivity contribution is 6.18. The second-order valence-electron chi connectivity index (χ2n) is 9.90. The lowest BCUT2D eigenvalue weighted by molar-refractivity contribution is 0.0693. The van der Waals surface area contributed by atoms with Crippen LogP contribution < -0.4 is 5.43 Å². The molecular formula is C27H36N2O4. The summed E-state index contributed by atoms with van der Waals surface area (Å²) >= 11 is 0. The molecule has 0 bridgehead atoms. The summed E-state index contributed by atoms with van der Waals surface area (Å²) in [5.41, 5.74) is 2.69. The standard InChI is InChI=1S/C27H36N2O4/c1-8-16(2)23(18-10-9-11-22(33-7)24(18)28-6)20-14-21(30)19(26(31)32)15-29(20)25-17(3)12-13-27(25,4)5/h9-11,14-17,25H,8,12-13H2,1-7H3,(H,31,32)/b23-18+,28-24+. The first-order chi connectivity index (χ1) is 15.6. The third-order valence-corrected chi connectivity index (χ3v) is 7.31. The number of methoxy groups -OCH3 is 1. The van der Waals surface area contributed by atoms with Gasteiger partial charge < -0.3 is 14.4 Å². The van der Waals surface area contributed by atoms with Crippen molar-refractivity contribution in [2.24, 2.45) is 22.2 Å². The third kappa shape index (κ3) is 4.48. The Labute approximate surface area is 196 Å². The number of hydrogen-bond acceptors (Lipinski definition) is 4. The minimum absolute atomic E-state index is 0.0358. The van der Waals surface area contributed by atoms with Crippen LogP contribution in [0.1, 0.15) is 76.0 Å². The van der Waals surface area contributed by atoms with Crippen LogP contribution in [0.3, 0.4) is 0 Å². The number of allylic oxidation sites excluding steroid dienone is 5. The fourth-order valence-electron chi connectivity index (χ4n) is 5.48. The predicted molar refractivity (Wildman–Crippen MR) is 133 cm³/mol. The highest BCUT2D eigenvalue weighted by Crippen LogP contribution is 2.50. The van der Waals surface area contributed by atoms with Gasteiger partial charge in [-0.2, -0.15) is 0 Å². The van der Waals surface area contributed by atoms with E-state index in [-0.39, 0.29) is 22.9 Å². The molecule has 1 aromatic rings. The fourth-order valence-corrected chi connectivity index (χ4v) is 5.48. The zero-order valence-electron chi connectivity index (χ0n) is 20.8. The van der Waals surface area contributed by atoms with Crippen LogP contribution in [0.15, 0.2) is 51.6 Å². The summed E-state index contributed by atoms with van der Waals surface area (Å²) in [6, 6.07) is 1.59. The molecule has 0 saturated heterocycles. The number of aliphatic imine (C=N–C) groups is 1. The predicted octanol–water partition coefficient (Wildman–Crippen LogP) is 5.51. The Hall–Kier alpha value is -2.89. The number of nitrogens with zero attached hydrogens (tertiary/aromatic N) is 2. The molecule has 3 unspecified atom stereocenters. The zero-order chi connectivity index (χ0) is 24.5. The molecule has 6 nitrogen and oxygen atoms in total. The van der Waals surface area contributed by atoms with Gasteiger partial charge in [0.15, 0.2) is 5.43 Å². The van der Waals surface area contributed by atoms with E-state index in [0.717, 1.165) is 41.8 Å². The maximum atomic E-state index is 13.0. The van der Waals surface area contributed by atoms with Crippen LogP contribution in [0.2, 0.25) is 0 Å². The summed E-state index contributed by atoms with van der Waals surface area (Å²) in [5.74, 6) is -0.0682. The molecule has 0 spiro atoms. The number of rotatable bonds is 6. The lowest BCUT2D eigenvalue weighted by Crippen LogP contribution is -2.31. The van der Waals surface area contributed by atoms with Crippen molar-refractivity contribution < 1.29 is 14.6 Å². The molecule has 2 aliphatic carbocycles. The Balaban J connectivity index is 2.43. The maximum absolute atomic E-state index is 13.0. The highest BCUT2D eigenvalue weighted by atomic mass is 16.5. The molecule has 1 heterocycles. The maximum Gasteiger partial charge on any atom is 0.341 e. The van der Waals surface area contributed by atoms with E-state index in [0.29, 0.717) is 11.7 Å². The topological polar surface area (TPSA) is 80.9 Å². The molecule has 3 rings (SSSR count). The molecule has 0 aromatic carbocycles. The van der Waals surface area contributed by atoms with E-state index in [2.05, 4.69) is 44.2 Å². The molecule has 6 heteroatoms. The molecule has 0 amide bonds. The van der Waals surface area contributed by atoms with Crippen molar-refractivity contribution in [1.29, 1.82) is 0 Å². The first-order valence-electron chi connectivity index (χ1n) is 11.7. The van der Waals surface area contributed by atoms with Gasteiger partial charge in [0.25, 0.3) is 0 Å². The zero-order valence-corrected chi connectivity index (χ0v) is 20.8. The molecule has 0 radical (unpaired) electrons. The average Bonchev–Trinajstić information content (AvgIpc) is 3.05. The van der Waals surface area contributed by atoms with Crippen LogP contribution in [0.25, 0.3) is 5.57 Å². The van der Waals surface area contributed by atoms with Crippen LogP contribution in [-0.2, 0) is 4.74 Å². The Morgan fingerprint density at radius 3 is 2.61 bits per heavy atom. The van der Waals surface area contributed by atoms with Gasteiger partial charge >= 0.3 is 5.97 Å². The van der Waals surface area contributed by atoms with Crippen LogP contribution >= 0.6 is 0 Å². The van der Waals surface area contributed by atoms with Gasteiger partial charge in [0.2, 0.25) is 0 Å². The van der Waals surface area contributed by atoms with Gasteiger partial charge in [-0.05, 0) is 48.2 Å². The van der Waals surface area contributed by atoms with Gasteiger partial charge in [0.05, 0.1) is 7.11 Å². The third-order valence-electron chi connectivity index (χ3n) is 7.31. The Morgan fingerprint density at radius 1 is 1.39 bits per heavy atom. The van der Waals surface area contributed by atoms with Crippen molar-refractivity contribution in [2.45, 2.75) is 59.9 Å². The van der Waals surface area contributed by atoms with E-state index < -0.39 is 11.4 Å². The summed E-state index contributed by atoms with van der Waals surface area (Å²) in [7, 11) is 3.36. The Kier molecular flexibility index (Phi) is 7.15. The van der Waals surface area contributed by atoms with E-state index in [4.69, 9.17) is 4.74 Å². The number of pyridine rings is 1. The molecular weight excluding hydrogens is 416 g/mol. The Morgan fingerprint density at radius 2 is 2.09 bits per heavy atom. The summed E-state index contributed by atoms with van der Waals surface area (Å²) in [4.78, 5) is 29.4. The summed E-state index contributed by atoms with van der Waals surface area (Å²) in [6.45, 7) is 10.9. The SMILES string of the molecule is CCC(C)/C(=C1/C=CC=C(OC)/C1=N/C)c1cc(=O)c(C(=O)O)cn1C1C(C)CCC1(C)C. The molecule has 2 aliphatic rings. The van der Waals surface area contributed by atoms with Gasteiger partial charge in [-0.3, -0.25) is 9.79 Å². The van der Waals surface area contributed by atoms with Crippen LogP contribution in [0, 0.1) is 17.3 Å². The first kappa shape index (κ1) is 24.7. The van der Waals surface area contributed by atoms with E-state index in [1.165, 1.54) is 6.07 Å². The summed E-state index contributed by atoms with van der Waals surface area (Å²) in [6.07, 6.45) is 10.3. The molecule has 1 saturated carbocycles. The quantitative estimate of drug-likeness (QED) is 0.617. The minimum Gasteiger partial charge on any atom is -0.494 e. The average molecular weight is 453 g/mol. The molecule has 1 aromatic heterocycles. The van der Waals surface area contributed by atoms with E-state index in [1.54, 1.807) is 20.4 Å². The van der Waals surface area contributed by atoms with E-state index in [1.807, 2.05) is 18.2 Å². The minimum atomic E-state index is -1.19. The number of carboxylic acids is 1. The number of aromatic nitrogens is 1. The molecule has 1 N–H and O–H groups in total. The molecule has 0 aliphatic heterocycles. The summed E-state index contributed by atoms with van der Waals surface area (Å²) in [5, 5.41) is 9.73. The number of ether oxygens (including phenoxy) is 1. The number of hydrogen-bond donors (Lipinski definition) is 1. The van der Waals surface area contributed by atoms with Crippen molar-refractivity contribution in [1.82, 2.24) is 4.57 Å². The molecule has 33 heavy (non-hydrogen) atoms. The van der Waals surface area contributed by atoms with Crippen molar-refractivity contribution in [3.63, 3.8) is 0 Å². The van der Waals surface area contributed by atoms with Gasteiger partial charge in [-0.1, -0.05) is 46.8 Å². The van der Waals surface area contributed by atoms with E-state index in [9.17, 15) is 14.7 Å². The van der Waals surface area contributed by atoms with Crippen LogP contribution in [-0.4, -0.2) is 35.5 Å². The number of carbonyl (C=O) groups is 1. The fraction of sp³-hybridized carbons (Fsp3) is 0.519. The van der Waals surface area contributed by atoms with Crippen molar-refractivity contribution in [3.05, 3.63) is 63.3 Å². The lowest BCUT2D eigenvalue weighted by Gasteiger charge is -2.36. The highest BCUT2D eigenvalue weighted by Gasteiger charge is 2.42. The second kappa shape index (κ2) is 9.54. The van der Waals surface area contributed by atoms with Gasteiger partial charge in [-0.25, -0.2) is 4.79 Å². The molecule has 178 valence electrons. The smallest absolute Gasteiger partial charge is 0.341 e. The van der Waals surface area contributed by atoms with Crippen LogP contribution in [0.4, 0.5) is 0 Å². The largest absolute Gasteiger partial charge is 0.494 e. The van der Waals surface area contributed by atoms with Gasteiger partial charge in [0, 0.05) is 36.6 Å². The normalized spacial score (nSPS) is 25.7.